The number of likely N-dealkylation sites (N-methyl/N-ethyl adjacent to an activating group) is 1. The summed E-state index contributed by atoms with van der Waals surface area (Å²) in [7, 11) is 2.00. The van der Waals surface area contributed by atoms with E-state index in [1.54, 1.807) is 6.08 Å². The molecule has 0 amide bonds. The molecule has 0 saturated heterocycles. The molecule has 0 aliphatic carbocycles. The molecule has 0 bridgehead atoms. The number of rotatable bonds is 3. The second-order valence-corrected chi connectivity index (χ2v) is 2.33. The molecule has 0 aromatic heterocycles. The van der Waals surface area contributed by atoms with Gasteiger partial charge in [-0.25, -0.2) is 0 Å². The molecule has 1 aromatic carbocycles. The van der Waals surface area contributed by atoms with Crippen LogP contribution in [0.3, 0.4) is 0 Å². The number of hydrogen-bond acceptors (Lipinski definition) is 1. The summed E-state index contributed by atoms with van der Waals surface area (Å²) in [5.74, 6) is 0. The van der Waals surface area contributed by atoms with E-state index < -0.39 is 0 Å². The minimum Gasteiger partial charge on any atom is -0.366 e. The van der Waals surface area contributed by atoms with Gasteiger partial charge in [-0.15, -0.1) is 6.58 Å². The zero-order chi connectivity index (χ0) is 8.10. The van der Waals surface area contributed by atoms with Crippen molar-refractivity contribution >= 4 is 5.69 Å². The standard InChI is InChI=1S/C10H12N/c1-3-9-11(2)10-7-5-4-6-8-10/h3-9H,1H2,2H3. The monoisotopic (exact) mass is 146 g/mol. The lowest BCUT2D eigenvalue weighted by atomic mass is 10.3. The first-order valence-corrected chi connectivity index (χ1v) is 3.58. The Morgan fingerprint density at radius 1 is 1.27 bits per heavy atom. The van der Waals surface area contributed by atoms with Crippen LogP contribution in [-0.4, -0.2) is 7.05 Å². The lowest BCUT2D eigenvalue weighted by Crippen LogP contribution is -2.10. The van der Waals surface area contributed by atoms with Gasteiger partial charge < -0.3 is 4.90 Å². The first-order chi connectivity index (χ1) is 5.34. The van der Waals surface area contributed by atoms with E-state index in [0.717, 1.165) is 0 Å². The average molecular weight is 146 g/mol. The highest BCUT2D eigenvalue weighted by Crippen LogP contribution is 2.11. The zero-order valence-electron chi connectivity index (χ0n) is 6.70. The summed E-state index contributed by atoms with van der Waals surface area (Å²) in [6.07, 6.45) is 1.77. The summed E-state index contributed by atoms with van der Waals surface area (Å²) in [5, 5.41) is 0. The van der Waals surface area contributed by atoms with Crippen LogP contribution < -0.4 is 4.90 Å². The third-order valence-electron chi connectivity index (χ3n) is 1.49. The zero-order valence-corrected chi connectivity index (χ0v) is 6.70. The molecule has 0 fully saturated rings. The molecule has 57 valence electrons. The summed E-state index contributed by atoms with van der Waals surface area (Å²) in [6, 6.07) is 10.1. The molecule has 1 heteroatoms. The number of para-hydroxylation sites is 1. The van der Waals surface area contributed by atoms with Crippen LogP contribution >= 0.6 is 0 Å². The fourth-order valence-electron chi connectivity index (χ4n) is 0.907. The Labute approximate surface area is 68.0 Å². The minimum absolute atomic E-state index is 1.17. The summed E-state index contributed by atoms with van der Waals surface area (Å²) < 4.78 is 0. The van der Waals surface area contributed by atoms with Crippen molar-refractivity contribution in [2.45, 2.75) is 0 Å². The average Bonchev–Trinajstić information content (AvgIpc) is 2.07. The van der Waals surface area contributed by atoms with E-state index in [4.69, 9.17) is 0 Å². The molecule has 0 saturated carbocycles. The Kier molecular flexibility index (Phi) is 2.73. The van der Waals surface area contributed by atoms with Crippen molar-refractivity contribution in [3.63, 3.8) is 0 Å². The molecule has 1 rings (SSSR count). The van der Waals surface area contributed by atoms with Gasteiger partial charge in [0.05, 0.1) is 6.54 Å². The molecule has 0 aliphatic heterocycles. The first kappa shape index (κ1) is 7.86. The van der Waals surface area contributed by atoms with Gasteiger partial charge in [-0.1, -0.05) is 24.3 Å². The number of benzene rings is 1. The van der Waals surface area contributed by atoms with E-state index in [2.05, 4.69) is 18.7 Å². The van der Waals surface area contributed by atoms with Gasteiger partial charge in [-0.2, -0.15) is 0 Å². The van der Waals surface area contributed by atoms with E-state index >= 15 is 0 Å². The largest absolute Gasteiger partial charge is 0.366 e. The second-order valence-electron chi connectivity index (χ2n) is 2.33. The van der Waals surface area contributed by atoms with Gasteiger partial charge >= 0.3 is 0 Å². The Morgan fingerprint density at radius 2 is 1.91 bits per heavy atom. The van der Waals surface area contributed by atoms with Crippen molar-refractivity contribution in [2.75, 3.05) is 11.9 Å². The van der Waals surface area contributed by atoms with Crippen LogP contribution in [0.25, 0.3) is 0 Å². The maximum atomic E-state index is 3.63. The number of anilines is 1. The van der Waals surface area contributed by atoms with Gasteiger partial charge in [0.1, 0.15) is 0 Å². The molecule has 0 N–H and O–H groups in total. The van der Waals surface area contributed by atoms with E-state index in [1.807, 2.05) is 36.7 Å². The quantitative estimate of drug-likeness (QED) is 0.633. The third kappa shape index (κ3) is 2.11. The van der Waals surface area contributed by atoms with Crippen molar-refractivity contribution < 1.29 is 0 Å². The van der Waals surface area contributed by atoms with Crippen molar-refractivity contribution in [3.05, 3.63) is 49.5 Å². The molecule has 11 heavy (non-hydrogen) atoms. The molecule has 1 aromatic rings. The summed E-state index contributed by atoms with van der Waals surface area (Å²) in [4.78, 5) is 2.02. The van der Waals surface area contributed by atoms with Crippen molar-refractivity contribution in [3.8, 4) is 0 Å². The lowest BCUT2D eigenvalue weighted by Gasteiger charge is -2.15. The van der Waals surface area contributed by atoms with Crippen LogP contribution in [0.5, 0.6) is 0 Å². The van der Waals surface area contributed by atoms with Crippen LogP contribution in [0, 0.1) is 6.54 Å². The van der Waals surface area contributed by atoms with Gasteiger partial charge in [-0.3, -0.25) is 0 Å². The van der Waals surface area contributed by atoms with E-state index in [-0.39, 0.29) is 0 Å². The summed E-state index contributed by atoms with van der Waals surface area (Å²) in [6.45, 7) is 5.55. The predicted molar refractivity (Wildman–Crippen MR) is 49.3 cm³/mol. The van der Waals surface area contributed by atoms with Gasteiger partial charge in [0.2, 0.25) is 0 Å². The SMILES string of the molecule is C=C[CH]N(C)c1ccccc1. The summed E-state index contributed by atoms with van der Waals surface area (Å²) >= 11 is 0. The number of hydrogen-bond donors (Lipinski definition) is 0. The molecule has 1 nitrogen and oxygen atoms in total. The van der Waals surface area contributed by atoms with Crippen molar-refractivity contribution in [1.29, 1.82) is 0 Å². The van der Waals surface area contributed by atoms with Crippen molar-refractivity contribution in [1.82, 2.24) is 0 Å². The van der Waals surface area contributed by atoms with Crippen LogP contribution in [0.15, 0.2) is 43.0 Å². The van der Waals surface area contributed by atoms with E-state index in [9.17, 15) is 0 Å². The molecular weight excluding hydrogens is 134 g/mol. The Hall–Kier alpha value is -1.24. The molecule has 0 heterocycles. The summed E-state index contributed by atoms with van der Waals surface area (Å²) in [5.41, 5.74) is 1.17. The van der Waals surface area contributed by atoms with E-state index in [1.165, 1.54) is 5.69 Å². The fraction of sp³-hybridized carbons (Fsp3) is 0.100. The van der Waals surface area contributed by atoms with Crippen LogP contribution in [0.2, 0.25) is 0 Å². The Morgan fingerprint density at radius 3 is 2.45 bits per heavy atom. The first-order valence-electron chi connectivity index (χ1n) is 3.58. The van der Waals surface area contributed by atoms with Crippen molar-refractivity contribution in [2.24, 2.45) is 0 Å². The lowest BCUT2D eigenvalue weighted by molar-refractivity contribution is 1.14. The molecule has 0 atom stereocenters. The smallest absolute Gasteiger partial charge is 0.0706 e. The molecule has 1 radical (unpaired) electrons. The topological polar surface area (TPSA) is 3.24 Å². The second kappa shape index (κ2) is 3.81. The number of nitrogens with zero attached hydrogens (tertiary/aromatic N) is 1. The van der Waals surface area contributed by atoms with Gasteiger partial charge in [-0.05, 0) is 12.1 Å². The van der Waals surface area contributed by atoms with Crippen LogP contribution in [0.4, 0.5) is 5.69 Å². The van der Waals surface area contributed by atoms with Crippen LogP contribution in [-0.2, 0) is 0 Å². The molecule has 0 aliphatic rings. The Balaban J connectivity index is 2.68. The molecule has 0 unspecified atom stereocenters. The van der Waals surface area contributed by atoms with E-state index in [0.29, 0.717) is 0 Å². The predicted octanol–water partition coefficient (Wildman–Crippen LogP) is 2.47. The highest BCUT2D eigenvalue weighted by atomic mass is 15.1. The normalized spacial score (nSPS) is 9.18. The van der Waals surface area contributed by atoms with Gasteiger partial charge in [0.15, 0.2) is 0 Å². The van der Waals surface area contributed by atoms with Crippen LogP contribution in [0.1, 0.15) is 0 Å². The Bertz CT molecular complexity index is 216. The minimum atomic E-state index is 1.17. The highest BCUT2D eigenvalue weighted by molar-refractivity contribution is 5.47. The van der Waals surface area contributed by atoms with Gasteiger partial charge in [0, 0.05) is 12.7 Å². The highest BCUT2D eigenvalue weighted by Gasteiger charge is 1.94. The third-order valence-corrected chi connectivity index (χ3v) is 1.49. The maximum Gasteiger partial charge on any atom is 0.0706 e. The molecule has 0 spiro atoms. The van der Waals surface area contributed by atoms with Gasteiger partial charge in [0.25, 0.3) is 0 Å². The maximum absolute atomic E-state index is 3.63. The fourth-order valence-corrected chi connectivity index (χ4v) is 0.907. The molecular formula is C10H12N.